The lowest BCUT2D eigenvalue weighted by atomic mass is 10.0. The zero-order valence-electron chi connectivity index (χ0n) is 20.4. The molecule has 4 unspecified atom stereocenters. The lowest BCUT2D eigenvalue weighted by Crippen LogP contribution is -2.55. The molecular weight excluding hydrogens is 483 g/mol. The number of ketones is 1. The number of Topliss-reactive ketones (excluding diaryl/α,β-unsaturated/α-hetero) is 1. The third kappa shape index (κ3) is 5.88. The summed E-state index contributed by atoms with van der Waals surface area (Å²) in [6, 6.07) is -0.827. The van der Waals surface area contributed by atoms with Crippen LogP contribution in [0.3, 0.4) is 0 Å². The van der Waals surface area contributed by atoms with Gasteiger partial charge in [0.15, 0.2) is 17.4 Å². The number of hydrogen-bond acceptors (Lipinski definition) is 9. The number of ether oxygens (including phenoxy) is 2. The van der Waals surface area contributed by atoms with Crippen LogP contribution in [0.4, 0.5) is 18.9 Å². The number of halogens is 3. The molecule has 1 aliphatic carbocycles. The van der Waals surface area contributed by atoms with Crippen molar-refractivity contribution in [3.8, 4) is 0 Å². The maximum Gasteiger partial charge on any atom is 0.352 e. The zero-order chi connectivity index (χ0) is 26.6. The summed E-state index contributed by atoms with van der Waals surface area (Å²) in [5.74, 6) is -6.99. The molecule has 0 radical (unpaired) electrons. The second kappa shape index (κ2) is 11.8. The van der Waals surface area contributed by atoms with Crippen LogP contribution in [-0.2, 0) is 23.9 Å². The quantitative estimate of drug-likeness (QED) is 0.151. The van der Waals surface area contributed by atoms with E-state index in [0.717, 1.165) is 0 Å². The predicted octanol–water partition coefficient (Wildman–Crippen LogP) is 2.05. The van der Waals surface area contributed by atoms with Crippen LogP contribution >= 0.6 is 0 Å². The highest BCUT2D eigenvalue weighted by Crippen LogP contribution is 2.37. The van der Waals surface area contributed by atoms with E-state index in [4.69, 9.17) is 14.3 Å². The Morgan fingerprint density at radius 3 is 2.61 bits per heavy atom. The highest BCUT2D eigenvalue weighted by molar-refractivity contribution is 6.00. The minimum atomic E-state index is -1.51. The Morgan fingerprint density at radius 2 is 1.97 bits per heavy atom. The molecule has 2 aliphatic rings. The minimum absolute atomic E-state index is 0.0298. The van der Waals surface area contributed by atoms with E-state index >= 15 is 8.78 Å². The maximum absolute atomic E-state index is 15.1. The van der Waals surface area contributed by atoms with E-state index in [1.54, 1.807) is 13.8 Å². The third-order valence-corrected chi connectivity index (χ3v) is 6.18. The number of carbonyl (C=O) groups is 3. The summed E-state index contributed by atoms with van der Waals surface area (Å²) in [4.78, 5) is 42.7. The van der Waals surface area contributed by atoms with Gasteiger partial charge in [0.2, 0.25) is 0 Å². The molecule has 1 aliphatic heterocycles. The number of benzene rings is 1. The van der Waals surface area contributed by atoms with Gasteiger partial charge in [0, 0.05) is 24.6 Å². The van der Waals surface area contributed by atoms with Crippen LogP contribution in [0.15, 0.2) is 18.2 Å². The summed E-state index contributed by atoms with van der Waals surface area (Å²) in [6.07, 6.45) is -0.221. The predicted molar refractivity (Wildman–Crippen MR) is 123 cm³/mol. The summed E-state index contributed by atoms with van der Waals surface area (Å²) in [5.41, 5.74) is 1.27. The van der Waals surface area contributed by atoms with E-state index in [-0.39, 0.29) is 38.3 Å². The average Bonchev–Trinajstić information content (AvgIpc) is 3.64. The summed E-state index contributed by atoms with van der Waals surface area (Å²) in [6.45, 7) is 7.00. The molecule has 9 nitrogen and oxygen atoms in total. The number of rotatable bonds is 11. The van der Waals surface area contributed by atoms with Gasteiger partial charge in [-0.1, -0.05) is 13.5 Å². The second-order valence-electron chi connectivity index (χ2n) is 8.53. The summed E-state index contributed by atoms with van der Waals surface area (Å²) in [5, 5.41) is 2.77. The SMILES string of the molecule is C=C(CC)C(=O)ONC1CC1C(=O)c1cc(F)c(N2CCOC(C(NC)C(=O)OCC)C2)c(F)c1F. The molecule has 0 aromatic heterocycles. The van der Waals surface area contributed by atoms with Crippen LogP contribution in [0.5, 0.6) is 0 Å². The largest absolute Gasteiger partial charge is 0.465 e. The van der Waals surface area contributed by atoms with Gasteiger partial charge in [-0.15, -0.1) is 5.48 Å². The van der Waals surface area contributed by atoms with E-state index in [1.165, 1.54) is 11.9 Å². The summed E-state index contributed by atoms with van der Waals surface area (Å²) >= 11 is 0. The maximum atomic E-state index is 15.1. The van der Waals surface area contributed by atoms with Crippen molar-refractivity contribution in [2.45, 2.75) is 44.9 Å². The molecule has 1 aromatic carbocycles. The number of hydrogen-bond donors (Lipinski definition) is 2. The van der Waals surface area contributed by atoms with Gasteiger partial charge in [-0.05, 0) is 32.9 Å². The fourth-order valence-corrected chi connectivity index (χ4v) is 3.98. The topological polar surface area (TPSA) is 106 Å². The Labute approximate surface area is 206 Å². The molecular formula is C24H30F3N3O6. The van der Waals surface area contributed by atoms with Gasteiger partial charge in [0.1, 0.15) is 23.7 Å². The standard InChI is InChI=1S/C24H30F3N3O6/c1-5-12(3)23(32)36-29-16-10-13(16)22(31)14-9-15(25)21(19(27)18(14)26)30-7-8-35-17(11-30)20(28-4)24(33)34-6-2/h9,13,16-17,20,28-29H,3,5-8,10-11H2,1-2,4H3. The number of hydroxylamine groups is 1. The number of nitrogens with one attached hydrogen (secondary N) is 2. The molecule has 3 rings (SSSR count). The van der Waals surface area contributed by atoms with Gasteiger partial charge in [0.25, 0.3) is 0 Å². The summed E-state index contributed by atoms with van der Waals surface area (Å²) < 4.78 is 55.7. The highest BCUT2D eigenvalue weighted by Gasteiger charge is 2.46. The molecule has 1 aromatic rings. The van der Waals surface area contributed by atoms with Crippen LogP contribution in [0.2, 0.25) is 0 Å². The number of carbonyl (C=O) groups excluding carboxylic acids is 3. The van der Waals surface area contributed by atoms with Crippen molar-refractivity contribution < 1.29 is 41.9 Å². The van der Waals surface area contributed by atoms with E-state index < -0.39 is 70.5 Å². The van der Waals surface area contributed by atoms with Crippen LogP contribution in [-0.4, -0.2) is 69.3 Å². The van der Waals surface area contributed by atoms with Crippen molar-refractivity contribution in [1.82, 2.24) is 10.8 Å². The first-order valence-electron chi connectivity index (χ1n) is 11.7. The Kier molecular flexibility index (Phi) is 9.09. The van der Waals surface area contributed by atoms with Crippen LogP contribution in [0, 0.1) is 23.4 Å². The van der Waals surface area contributed by atoms with Crippen LogP contribution in [0.1, 0.15) is 37.0 Å². The highest BCUT2D eigenvalue weighted by atomic mass is 19.2. The number of likely N-dealkylation sites (N-methyl/N-ethyl adjacent to an activating group) is 1. The average molecular weight is 514 g/mol. The fraction of sp³-hybridized carbons (Fsp3) is 0.542. The van der Waals surface area contributed by atoms with E-state index in [2.05, 4.69) is 17.4 Å². The van der Waals surface area contributed by atoms with Gasteiger partial charge in [-0.25, -0.2) is 18.0 Å². The molecule has 36 heavy (non-hydrogen) atoms. The Balaban J connectivity index is 1.73. The molecule has 1 saturated heterocycles. The van der Waals surface area contributed by atoms with Gasteiger partial charge < -0.3 is 24.5 Å². The molecule has 0 spiro atoms. The van der Waals surface area contributed by atoms with Crippen molar-refractivity contribution in [2.75, 3.05) is 38.3 Å². The van der Waals surface area contributed by atoms with Gasteiger partial charge >= 0.3 is 11.9 Å². The lowest BCUT2D eigenvalue weighted by Gasteiger charge is -2.37. The molecule has 2 N–H and O–H groups in total. The van der Waals surface area contributed by atoms with Crippen molar-refractivity contribution in [3.05, 3.63) is 41.2 Å². The van der Waals surface area contributed by atoms with Crippen molar-refractivity contribution in [1.29, 1.82) is 0 Å². The van der Waals surface area contributed by atoms with Crippen LogP contribution < -0.4 is 15.7 Å². The van der Waals surface area contributed by atoms with E-state index in [0.29, 0.717) is 12.5 Å². The number of anilines is 1. The van der Waals surface area contributed by atoms with Crippen LogP contribution in [0.25, 0.3) is 0 Å². The first-order chi connectivity index (χ1) is 17.1. The molecule has 198 valence electrons. The molecule has 0 bridgehead atoms. The molecule has 12 heteroatoms. The molecule has 1 saturated carbocycles. The summed E-state index contributed by atoms with van der Waals surface area (Å²) in [7, 11) is 1.52. The van der Waals surface area contributed by atoms with Crippen molar-refractivity contribution in [2.24, 2.45) is 5.92 Å². The zero-order valence-corrected chi connectivity index (χ0v) is 20.4. The van der Waals surface area contributed by atoms with E-state index in [1.807, 2.05) is 0 Å². The Hall–Kier alpha value is -2.96. The number of morpholine rings is 1. The molecule has 2 fully saturated rings. The van der Waals surface area contributed by atoms with Crippen molar-refractivity contribution >= 4 is 23.4 Å². The first kappa shape index (κ1) is 27.6. The smallest absolute Gasteiger partial charge is 0.352 e. The Morgan fingerprint density at radius 1 is 1.25 bits per heavy atom. The Bertz CT molecular complexity index is 1040. The third-order valence-electron chi connectivity index (χ3n) is 6.18. The van der Waals surface area contributed by atoms with Gasteiger partial charge in [-0.2, -0.15) is 0 Å². The normalized spacial score (nSPS) is 22.1. The lowest BCUT2D eigenvalue weighted by molar-refractivity contribution is -0.150. The van der Waals surface area contributed by atoms with Crippen molar-refractivity contribution in [3.63, 3.8) is 0 Å². The fourth-order valence-electron chi connectivity index (χ4n) is 3.98. The van der Waals surface area contributed by atoms with Gasteiger partial charge in [-0.3, -0.25) is 9.59 Å². The number of esters is 1. The first-order valence-corrected chi connectivity index (χ1v) is 11.7. The monoisotopic (exact) mass is 513 g/mol. The minimum Gasteiger partial charge on any atom is -0.465 e. The van der Waals surface area contributed by atoms with E-state index in [9.17, 15) is 18.8 Å². The molecule has 4 atom stereocenters. The number of nitrogens with zero attached hydrogens (tertiary/aromatic N) is 1. The molecule has 0 amide bonds. The van der Waals surface area contributed by atoms with Gasteiger partial charge in [0.05, 0.1) is 24.8 Å². The second-order valence-corrected chi connectivity index (χ2v) is 8.53. The molecule has 1 heterocycles.